The fourth-order valence-corrected chi connectivity index (χ4v) is 10.1. The summed E-state index contributed by atoms with van der Waals surface area (Å²) >= 11 is 0. The summed E-state index contributed by atoms with van der Waals surface area (Å²) in [6.07, 6.45) is 0. The Morgan fingerprint density at radius 1 is 0.243 bits per heavy atom. The molecule has 0 aliphatic heterocycles. The molecule has 0 unspecified atom stereocenters. The van der Waals surface area contributed by atoms with E-state index in [9.17, 15) is 17.6 Å². The molecule has 0 aliphatic rings. The predicted octanol–water partition coefficient (Wildman–Crippen LogP) is 19.3. The van der Waals surface area contributed by atoms with Crippen LogP contribution in [0.25, 0.3) is 76.8 Å². The molecule has 0 bridgehead atoms. The van der Waals surface area contributed by atoms with Gasteiger partial charge in [-0.1, -0.05) is 97.1 Å². The van der Waals surface area contributed by atoms with Crippen LogP contribution in [0, 0.1) is 46.5 Å². The van der Waals surface area contributed by atoms with Crippen LogP contribution in [-0.4, -0.2) is 0 Å². The number of benzene rings is 12. The first-order valence-electron chi connectivity index (χ1n) is 23.5. The largest absolute Gasteiger partial charge is 0.307 e. The number of hydrogen-bond acceptors (Lipinski definition) is 2. The summed E-state index contributed by atoms with van der Waals surface area (Å²) in [4.78, 5) is 3.16. The van der Waals surface area contributed by atoms with Crippen LogP contribution in [0.5, 0.6) is 0 Å². The molecule has 2 nitrogen and oxygen atoms in total. The Bertz CT molecular complexity index is 3780. The molecule has 12 aromatic carbocycles. The van der Waals surface area contributed by atoms with Gasteiger partial charge < -0.3 is 9.80 Å². The van der Waals surface area contributed by atoms with Crippen molar-refractivity contribution < 1.29 is 35.1 Å². The van der Waals surface area contributed by atoms with Gasteiger partial charge in [-0.3, -0.25) is 0 Å². The highest BCUT2D eigenvalue weighted by Crippen LogP contribution is 2.50. The molecular formula is C64H36F8N2. The van der Waals surface area contributed by atoms with Gasteiger partial charge in [0, 0.05) is 22.1 Å². The van der Waals surface area contributed by atoms with Crippen molar-refractivity contribution in [3.05, 3.63) is 265 Å². The second kappa shape index (κ2) is 18.4. The molecular weight excluding hydrogens is 949 g/mol. The molecule has 0 N–H and O–H groups in total. The zero-order valence-corrected chi connectivity index (χ0v) is 38.7. The van der Waals surface area contributed by atoms with E-state index < -0.39 is 46.5 Å². The smallest absolute Gasteiger partial charge is 0.182 e. The maximum atomic E-state index is 16.6. The second-order valence-electron chi connectivity index (χ2n) is 18.0. The van der Waals surface area contributed by atoms with E-state index in [1.165, 1.54) is 72.8 Å². The van der Waals surface area contributed by atoms with E-state index in [4.69, 9.17) is 0 Å². The van der Waals surface area contributed by atoms with Gasteiger partial charge in [0.2, 0.25) is 0 Å². The predicted molar refractivity (Wildman–Crippen MR) is 281 cm³/mol. The van der Waals surface area contributed by atoms with E-state index in [1.54, 1.807) is 107 Å². The van der Waals surface area contributed by atoms with Crippen LogP contribution in [0.2, 0.25) is 0 Å². The number of halogens is 8. The minimum absolute atomic E-state index is 0.151. The molecule has 10 heteroatoms. The minimum Gasteiger partial charge on any atom is -0.307 e. The molecule has 0 spiro atoms. The van der Waals surface area contributed by atoms with E-state index in [0.29, 0.717) is 88.8 Å². The molecule has 74 heavy (non-hydrogen) atoms. The van der Waals surface area contributed by atoms with Crippen molar-refractivity contribution in [1.29, 1.82) is 0 Å². The summed E-state index contributed by atoms with van der Waals surface area (Å²) in [5.74, 6) is -6.48. The van der Waals surface area contributed by atoms with Crippen molar-refractivity contribution in [2.24, 2.45) is 0 Å². The summed E-state index contributed by atoms with van der Waals surface area (Å²) in [6.45, 7) is 0. The topological polar surface area (TPSA) is 6.48 Å². The van der Waals surface area contributed by atoms with Crippen LogP contribution >= 0.6 is 0 Å². The Labute approximate surface area is 419 Å². The van der Waals surface area contributed by atoms with Crippen molar-refractivity contribution in [3.8, 4) is 44.5 Å². The van der Waals surface area contributed by atoms with Gasteiger partial charge in [0.05, 0.1) is 22.7 Å². The van der Waals surface area contributed by atoms with Gasteiger partial charge in [0.15, 0.2) is 23.3 Å². The van der Waals surface area contributed by atoms with Crippen molar-refractivity contribution >= 4 is 66.4 Å². The fraction of sp³-hybridized carbons (Fsp3) is 0. The highest BCUT2D eigenvalue weighted by Gasteiger charge is 2.27. The molecule has 0 saturated carbocycles. The lowest BCUT2D eigenvalue weighted by atomic mass is 9.91. The average molecular weight is 985 g/mol. The zero-order valence-electron chi connectivity index (χ0n) is 38.7. The van der Waals surface area contributed by atoms with E-state index in [2.05, 4.69) is 0 Å². The lowest BCUT2D eigenvalue weighted by Crippen LogP contribution is -2.14. The first kappa shape index (κ1) is 45.8. The van der Waals surface area contributed by atoms with Gasteiger partial charge in [-0.25, -0.2) is 35.1 Å². The Balaban J connectivity index is 1.13. The minimum atomic E-state index is -1.14. The first-order valence-corrected chi connectivity index (χ1v) is 23.5. The number of nitrogens with zero attached hydrogens (tertiary/aromatic N) is 2. The van der Waals surface area contributed by atoms with Gasteiger partial charge in [0.25, 0.3) is 0 Å². The molecule has 358 valence electrons. The Morgan fingerprint density at radius 3 is 0.878 bits per heavy atom. The van der Waals surface area contributed by atoms with Gasteiger partial charge in [-0.05, 0) is 187 Å². The van der Waals surface area contributed by atoms with E-state index in [1.807, 2.05) is 36.4 Å². The van der Waals surface area contributed by atoms with Crippen LogP contribution in [0.1, 0.15) is 0 Å². The summed E-state index contributed by atoms with van der Waals surface area (Å²) in [5, 5.41) is 4.10. The van der Waals surface area contributed by atoms with Crippen LogP contribution in [0.4, 0.5) is 69.2 Å². The third-order valence-corrected chi connectivity index (χ3v) is 13.4. The third-order valence-electron chi connectivity index (χ3n) is 13.4. The molecule has 0 saturated heterocycles. The summed E-state index contributed by atoms with van der Waals surface area (Å²) in [5.41, 5.74) is 5.18. The molecule has 0 fully saturated rings. The number of rotatable bonds is 10. The van der Waals surface area contributed by atoms with Crippen LogP contribution in [-0.2, 0) is 0 Å². The van der Waals surface area contributed by atoms with Gasteiger partial charge in [-0.15, -0.1) is 0 Å². The molecule has 0 aromatic heterocycles. The van der Waals surface area contributed by atoms with Gasteiger partial charge >= 0.3 is 0 Å². The zero-order chi connectivity index (χ0) is 50.8. The average Bonchev–Trinajstić information content (AvgIpc) is 3.42. The molecule has 12 rings (SSSR count). The van der Waals surface area contributed by atoms with Crippen molar-refractivity contribution in [3.63, 3.8) is 0 Å². The SMILES string of the molecule is Fc1cccc(-c2cc(-c3cccc(F)c3)cc(N(c3cccc(F)c3F)c3ccc4ccc5c(N(c6cc(-c7cccc(F)c7)cc(-c7cccc(F)c7)c6)c6cccc(F)c6F)ccc6ccc3c4c65)c2)c1. The van der Waals surface area contributed by atoms with Crippen LogP contribution < -0.4 is 9.80 Å². The van der Waals surface area contributed by atoms with Crippen molar-refractivity contribution in [2.75, 3.05) is 9.80 Å². The van der Waals surface area contributed by atoms with Gasteiger partial charge in [-0.2, -0.15) is 0 Å². The molecule has 0 amide bonds. The number of hydrogen-bond donors (Lipinski definition) is 0. The molecule has 0 radical (unpaired) electrons. The lowest BCUT2D eigenvalue weighted by molar-refractivity contribution is 0.510. The Hall–Kier alpha value is -9.28. The standard InChI is InChI=1S/C64H36F8N2/c65-47-11-1-7-39(29-47)43-27-44(40-8-2-12-48(66)30-40)34-51(33-43)73(59-17-5-15-55(69)63(59)71)57-25-21-37-20-24-54-58(26-22-38-19-23-53(57)61(37)62(38)54)74(60-18-6-16-56(70)64(60)72)52-35-45(41-9-3-13-49(67)31-41)28-46(36-52)42-10-4-14-50(68)32-42/h1-36H. The molecule has 0 heterocycles. The summed E-state index contributed by atoms with van der Waals surface area (Å²) < 4.78 is 124. The lowest BCUT2D eigenvalue weighted by Gasteiger charge is -2.30. The van der Waals surface area contributed by atoms with E-state index in [-0.39, 0.29) is 11.4 Å². The highest BCUT2D eigenvalue weighted by atomic mass is 19.2. The first-order chi connectivity index (χ1) is 35.9. The third kappa shape index (κ3) is 8.20. The normalized spacial score (nSPS) is 11.5. The second-order valence-corrected chi connectivity index (χ2v) is 18.0. The fourth-order valence-electron chi connectivity index (χ4n) is 10.1. The van der Waals surface area contributed by atoms with Crippen LogP contribution in [0.15, 0.2) is 218 Å². The van der Waals surface area contributed by atoms with Crippen molar-refractivity contribution in [2.45, 2.75) is 0 Å². The summed E-state index contributed by atoms with van der Waals surface area (Å²) in [6, 6.07) is 56.9. The molecule has 12 aromatic rings. The maximum Gasteiger partial charge on any atom is 0.182 e. The molecule has 0 aliphatic carbocycles. The highest BCUT2D eigenvalue weighted by molar-refractivity contribution is 6.28. The number of anilines is 6. The Kier molecular flexibility index (Phi) is 11.4. The van der Waals surface area contributed by atoms with Crippen molar-refractivity contribution in [1.82, 2.24) is 0 Å². The van der Waals surface area contributed by atoms with Gasteiger partial charge in [0.1, 0.15) is 23.3 Å². The van der Waals surface area contributed by atoms with E-state index >= 15 is 17.6 Å². The van der Waals surface area contributed by atoms with Crippen LogP contribution in [0.3, 0.4) is 0 Å². The van der Waals surface area contributed by atoms with E-state index in [0.717, 1.165) is 22.9 Å². The quantitative estimate of drug-likeness (QED) is 0.0995. The monoisotopic (exact) mass is 984 g/mol. The Morgan fingerprint density at radius 2 is 0.554 bits per heavy atom. The summed E-state index contributed by atoms with van der Waals surface area (Å²) in [7, 11) is 0. The maximum absolute atomic E-state index is 16.6. The molecule has 0 atom stereocenters.